The summed E-state index contributed by atoms with van der Waals surface area (Å²) in [5, 5.41) is 4.54. The van der Waals surface area contributed by atoms with Gasteiger partial charge in [0.25, 0.3) is 0 Å². The van der Waals surface area contributed by atoms with Crippen LogP contribution < -0.4 is 9.47 Å². The molecule has 10 aromatic rings. The van der Waals surface area contributed by atoms with Crippen LogP contribution in [0.2, 0.25) is 0 Å². The minimum atomic E-state index is -0.586. The Labute approximate surface area is 423 Å². The summed E-state index contributed by atoms with van der Waals surface area (Å²) in [5.41, 5.74) is 11.1. The first-order chi connectivity index (χ1) is 35.1. The highest BCUT2D eigenvalue weighted by Crippen LogP contribution is 2.57. The molecule has 0 saturated heterocycles. The first-order valence-electron chi connectivity index (χ1n) is 23.8. The largest absolute Gasteiger partial charge is 0.481 e. The van der Waals surface area contributed by atoms with Crippen LogP contribution in [0.4, 0.5) is 0 Å². The van der Waals surface area contributed by atoms with Crippen molar-refractivity contribution in [2.75, 3.05) is 13.2 Å². The monoisotopic (exact) mass is 950 g/mol. The molecule has 2 unspecified atom stereocenters. The Morgan fingerprint density at radius 3 is 1.25 bits per heavy atom. The Bertz CT molecular complexity index is 3460. The summed E-state index contributed by atoms with van der Waals surface area (Å²) in [6, 6.07) is 67.2. The molecule has 2 aliphatic heterocycles. The number of aromatic nitrogens is 2. The fourth-order valence-corrected chi connectivity index (χ4v) is 13.2. The van der Waals surface area contributed by atoms with Gasteiger partial charge in [0.2, 0.25) is 0 Å². The number of benzene rings is 8. The molecule has 4 nitrogen and oxygen atoms in total. The summed E-state index contributed by atoms with van der Waals surface area (Å²) in [7, 11) is 0. The van der Waals surface area contributed by atoms with E-state index in [0.717, 1.165) is 49.3 Å². The highest BCUT2D eigenvalue weighted by Gasteiger charge is 2.46. The van der Waals surface area contributed by atoms with Crippen LogP contribution in [0.1, 0.15) is 69.5 Å². The lowest BCUT2D eigenvalue weighted by Gasteiger charge is -2.42. The predicted octanol–water partition coefficient (Wildman–Crippen LogP) is 14.9. The van der Waals surface area contributed by atoms with Gasteiger partial charge in [-0.05, 0) is 158 Å². The lowest BCUT2D eigenvalue weighted by atomic mass is 9.64. The summed E-state index contributed by atoms with van der Waals surface area (Å²) in [6.45, 7) is 4.40. The van der Waals surface area contributed by atoms with Gasteiger partial charge in [-0.25, -0.2) is 0 Å². The predicted molar refractivity (Wildman–Crippen MR) is 289 cm³/mol. The van der Waals surface area contributed by atoms with Crippen LogP contribution >= 0.6 is 23.5 Å². The number of hydrogen-bond donors (Lipinski definition) is 0. The summed E-state index contributed by atoms with van der Waals surface area (Å²) in [4.78, 5) is 14.0. The Kier molecular flexibility index (Phi) is 11.7. The first kappa shape index (κ1) is 44.2. The summed E-state index contributed by atoms with van der Waals surface area (Å²) in [6.07, 6.45) is 8.70. The zero-order valence-corrected chi connectivity index (χ0v) is 40.9. The zero-order valence-electron chi connectivity index (χ0n) is 39.3. The van der Waals surface area contributed by atoms with Crippen molar-refractivity contribution in [3.8, 4) is 35.2 Å². The molecule has 0 radical (unpaired) electrons. The zero-order chi connectivity index (χ0) is 47.8. The second-order valence-electron chi connectivity index (χ2n) is 17.9. The molecule has 2 atom stereocenters. The van der Waals surface area contributed by atoms with Gasteiger partial charge in [0.15, 0.2) is 0 Å². The van der Waals surface area contributed by atoms with Crippen LogP contribution in [0, 0.1) is 23.7 Å². The summed E-state index contributed by atoms with van der Waals surface area (Å²) < 4.78 is 11.9. The van der Waals surface area contributed by atoms with E-state index in [9.17, 15) is 0 Å². The van der Waals surface area contributed by atoms with Gasteiger partial charge >= 0.3 is 0 Å². The molecule has 0 saturated carbocycles. The van der Waals surface area contributed by atoms with Crippen molar-refractivity contribution >= 4 is 45.1 Å². The Morgan fingerprint density at radius 1 is 0.408 bits per heavy atom. The topological polar surface area (TPSA) is 44.2 Å². The molecule has 0 amide bonds. The van der Waals surface area contributed by atoms with Crippen molar-refractivity contribution in [3.05, 3.63) is 262 Å². The third-order valence-corrected chi connectivity index (χ3v) is 16.3. The molecule has 71 heavy (non-hydrogen) atoms. The molecular weight excluding hydrogens is 905 g/mol. The van der Waals surface area contributed by atoms with E-state index in [-0.39, 0.29) is 0 Å². The molecule has 0 N–H and O–H groups in total. The molecule has 0 bridgehead atoms. The van der Waals surface area contributed by atoms with Crippen molar-refractivity contribution in [2.24, 2.45) is 0 Å². The van der Waals surface area contributed by atoms with Crippen molar-refractivity contribution < 1.29 is 9.47 Å². The van der Waals surface area contributed by atoms with Gasteiger partial charge in [-0.2, -0.15) is 0 Å². The lowest BCUT2D eigenvalue weighted by Crippen LogP contribution is -2.34. The first-order valence-corrected chi connectivity index (χ1v) is 25.5. The molecule has 2 aromatic heterocycles. The number of nitrogens with zero attached hydrogens (tertiary/aromatic N) is 2. The number of pyridine rings is 2. The highest BCUT2D eigenvalue weighted by molar-refractivity contribution is 7.99. The van der Waals surface area contributed by atoms with E-state index in [0.29, 0.717) is 13.2 Å². The smallest absolute Gasteiger partial charge is 0.149 e. The number of hydrogen-bond acceptors (Lipinski definition) is 6. The van der Waals surface area contributed by atoms with Crippen LogP contribution in [0.25, 0.3) is 21.5 Å². The van der Waals surface area contributed by atoms with Gasteiger partial charge in [0, 0.05) is 44.4 Å². The number of fused-ring (bicyclic) bond motifs is 6. The van der Waals surface area contributed by atoms with E-state index in [1.807, 2.05) is 50.8 Å². The average molecular weight is 951 g/mol. The average Bonchev–Trinajstić information content (AvgIpc) is 3.42. The van der Waals surface area contributed by atoms with Crippen molar-refractivity contribution in [3.63, 3.8) is 0 Å². The molecule has 6 heteroatoms. The van der Waals surface area contributed by atoms with Crippen LogP contribution in [-0.4, -0.2) is 23.2 Å². The van der Waals surface area contributed by atoms with E-state index >= 15 is 0 Å². The normalized spacial score (nSPS) is 16.3. The van der Waals surface area contributed by atoms with Gasteiger partial charge in [-0.3, -0.25) is 9.97 Å². The van der Waals surface area contributed by atoms with Crippen molar-refractivity contribution in [1.82, 2.24) is 9.97 Å². The second kappa shape index (κ2) is 18.7. The third-order valence-electron chi connectivity index (χ3n) is 14.0. The summed E-state index contributed by atoms with van der Waals surface area (Å²) >= 11 is 3.59. The maximum absolute atomic E-state index is 5.95. The Balaban J connectivity index is 0.928. The van der Waals surface area contributed by atoms with E-state index < -0.39 is 10.8 Å². The minimum Gasteiger partial charge on any atom is -0.481 e. The van der Waals surface area contributed by atoms with Crippen LogP contribution in [0.15, 0.2) is 226 Å². The van der Waals surface area contributed by atoms with Gasteiger partial charge in [-0.1, -0.05) is 157 Å². The molecule has 0 spiro atoms. The van der Waals surface area contributed by atoms with E-state index in [1.165, 1.54) is 65.4 Å². The minimum absolute atomic E-state index is 0.368. The maximum Gasteiger partial charge on any atom is 0.149 e. The van der Waals surface area contributed by atoms with Gasteiger partial charge in [-0.15, -0.1) is 11.8 Å². The molecule has 4 heterocycles. The Morgan fingerprint density at radius 2 is 0.803 bits per heavy atom. The lowest BCUT2D eigenvalue weighted by molar-refractivity contribution is 0.370. The van der Waals surface area contributed by atoms with Gasteiger partial charge in [0.05, 0.1) is 10.8 Å². The van der Waals surface area contributed by atoms with Crippen molar-refractivity contribution in [1.29, 1.82) is 0 Å². The molecule has 8 aromatic carbocycles. The number of rotatable bonds is 10. The molecular formula is C65H46N2O2S2. The fourth-order valence-electron chi connectivity index (χ4n) is 10.8. The fraction of sp³-hybridized carbons (Fsp3) is 0.108. The van der Waals surface area contributed by atoms with Crippen LogP contribution in [0.3, 0.4) is 0 Å². The van der Waals surface area contributed by atoms with E-state index in [4.69, 9.17) is 9.47 Å². The SMILES string of the molecule is CC#CCOc1ccc2cc(C3(c4ccc(Cc5ccc(C6(c7ccc8cc(OCC#CC)ccc8c7)c7ccccc7Sc7cnccc76)cc5)cc4)c4ccccc4Sc4cnccc43)ccc2c1. The Hall–Kier alpha value is -8.00. The highest BCUT2D eigenvalue weighted by atomic mass is 32.2. The van der Waals surface area contributed by atoms with Gasteiger partial charge in [0.1, 0.15) is 24.7 Å². The quantitative estimate of drug-likeness (QED) is 0.127. The molecule has 340 valence electrons. The van der Waals surface area contributed by atoms with Gasteiger partial charge < -0.3 is 9.47 Å². The standard InChI is InChI=1S/C65H46N2O2S2/c1-3-5-35-68-54-29-21-46-38-52(27-19-48(46)40-54)64(56-11-7-9-13-60(56)70-62-42-66-33-31-58(62)64)50-23-15-44(16-24-50)37-45-17-25-51(26-18-45)65(57-12-8-10-14-61(57)71-63-43-67-34-32-59(63)65)53-28-20-49-41-55(69-36-6-4-2)30-22-47(49)39-53/h7-34,38-43H,35-37H2,1-2H3. The van der Waals surface area contributed by atoms with Crippen molar-refractivity contribution in [2.45, 2.75) is 50.7 Å². The summed E-state index contributed by atoms with van der Waals surface area (Å²) in [5.74, 6) is 13.5. The van der Waals surface area contributed by atoms with Crippen LogP contribution in [0.5, 0.6) is 11.5 Å². The van der Waals surface area contributed by atoms with Crippen LogP contribution in [-0.2, 0) is 17.3 Å². The third kappa shape index (κ3) is 7.72. The van der Waals surface area contributed by atoms with E-state index in [2.05, 4.69) is 204 Å². The molecule has 0 fully saturated rings. The molecule has 12 rings (SSSR count). The maximum atomic E-state index is 5.95. The second-order valence-corrected chi connectivity index (χ2v) is 20.1. The molecule has 2 aliphatic rings. The molecule has 0 aliphatic carbocycles. The van der Waals surface area contributed by atoms with E-state index in [1.54, 1.807) is 23.5 Å². The number of ether oxygens (including phenoxy) is 2.